The van der Waals surface area contributed by atoms with Gasteiger partial charge in [0, 0.05) is 41.6 Å². The summed E-state index contributed by atoms with van der Waals surface area (Å²) in [6.07, 6.45) is -3.38. The number of alkyl halides is 3. The largest absolute Gasteiger partial charge is 0.433 e. The summed E-state index contributed by atoms with van der Waals surface area (Å²) in [5.41, 5.74) is -0.446. The lowest BCUT2D eigenvalue weighted by Crippen LogP contribution is -2.35. The van der Waals surface area contributed by atoms with Crippen LogP contribution in [0, 0.1) is 0 Å². The zero-order valence-corrected chi connectivity index (χ0v) is 15.5. The molecule has 2 rings (SSSR count). The first-order chi connectivity index (χ1) is 12.2. The Bertz CT molecular complexity index is 737. The Labute approximate surface area is 155 Å². The molecule has 9 heteroatoms. The minimum atomic E-state index is -4.57. The van der Waals surface area contributed by atoms with Crippen molar-refractivity contribution in [2.24, 2.45) is 0 Å². The molecule has 0 bridgehead atoms. The third-order valence-corrected chi connectivity index (χ3v) is 4.09. The molecule has 1 aromatic carbocycles. The Morgan fingerprint density at radius 2 is 2.00 bits per heavy atom. The van der Waals surface area contributed by atoms with Gasteiger partial charge in [0.2, 0.25) is 5.95 Å². The van der Waals surface area contributed by atoms with Crippen LogP contribution in [0.2, 0.25) is 5.02 Å². The lowest BCUT2D eigenvalue weighted by atomic mass is 10.2. The van der Waals surface area contributed by atoms with E-state index in [-0.39, 0.29) is 24.1 Å². The maximum Gasteiger partial charge on any atom is 0.433 e. The van der Waals surface area contributed by atoms with Crippen molar-refractivity contribution < 1.29 is 13.2 Å². The number of benzene rings is 1. The third kappa shape index (κ3) is 5.82. The maximum absolute atomic E-state index is 13.4. The van der Waals surface area contributed by atoms with Crippen LogP contribution in [0.5, 0.6) is 0 Å². The van der Waals surface area contributed by atoms with Crippen LogP contribution in [-0.4, -0.2) is 41.5 Å². The van der Waals surface area contributed by atoms with Gasteiger partial charge in [-0.2, -0.15) is 13.2 Å². The van der Waals surface area contributed by atoms with Crippen LogP contribution in [0.3, 0.4) is 0 Å². The summed E-state index contributed by atoms with van der Waals surface area (Å²) < 4.78 is 40.1. The zero-order valence-electron chi connectivity index (χ0n) is 14.7. The van der Waals surface area contributed by atoms with Gasteiger partial charge in [-0.3, -0.25) is 0 Å². The summed E-state index contributed by atoms with van der Waals surface area (Å²) in [7, 11) is 3.82. The molecule has 1 heterocycles. The first-order valence-electron chi connectivity index (χ1n) is 7.99. The minimum absolute atomic E-state index is 0.0000928. The number of rotatable bonds is 7. The standard InChI is InChI=1S/C17H21ClF3N5/c1-11(26(2)3)8-22-9-12-10-23-16(25-15(12)17(19,20)21)24-14-6-4-5-13(18)7-14/h4-7,10-11,22H,8-9H2,1-3H3,(H,23,24,25). The van der Waals surface area contributed by atoms with Gasteiger partial charge in [0.15, 0.2) is 5.69 Å². The molecule has 0 radical (unpaired) electrons. The molecule has 0 fully saturated rings. The first-order valence-corrected chi connectivity index (χ1v) is 8.37. The molecule has 2 aromatic rings. The Hall–Kier alpha value is -1.90. The van der Waals surface area contributed by atoms with E-state index in [1.54, 1.807) is 24.3 Å². The maximum atomic E-state index is 13.4. The highest BCUT2D eigenvalue weighted by Gasteiger charge is 2.36. The van der Waals surface area contributed by atoms with E-state index in [2.05, 4.69) is 20.6 Å². The smallest absolute Gasteiger partial charge is 0.324 e. The lowest BCUT2D eigenvalue weighted by molar-refractivity contribution is -0.141. The van der Waals surface area contributed by atoms with Crippen LogP contribution < -0.4 is 10.6 Å². The summed E-state index contributed by atoms with van der Waals surface area (Å²) in [5.74, 6) is -0.134. The molecular formula is C17H21ClF3N5. The molecule has 1 aromatic heterocycles. The number of halogens is 4. The second-order valence-corrected chi connectivity index (χ2v) is 6.58. The van der Waals surface area contributed by atoms with Crippen LogP contribution in [0.4, 0.5) is 24.8 Å². The van der Waals surface area contributed by atoms with Gasteiger partial charge in [-0.1, -0.05) is 17.7 Å². The summed E-state index contributed by atoms with van der Waals surface area (Å²) >= 11 is 5.87. The van der Waals surface area contributed by atoms with Crippen molar-refractivity contribution in [1.29, 1.82) is 0 Å². The number of hydrogen-bond donors (Lipinski definition) is 2. The second kappa shape index (κ2) is 8.66. The Kier molecular flexibility index (Phi) is 6.80. The van der Waals surface area contributed by atoms with Gasteiger partial charge in [0.25, 0.3) is 0 Å². The minimum Gasteiger partial charge on any atom is -0.324 e. The number of aromatic nitrogens is 2. The average molecular weight is 388 g/mol. The van der Waals surface area contributed by atoms with Crippen LogP contribution in [0.25, 0.3) is 0 Å². The molecule has 1 atom stereocenters. The van der Waals surface area contributed by atoms with Crippen molar-refractivity contribution in [1.82, 2.24) is 20.2 Å². The summed E-state index contributed by atoms with van der Waals surface area (Å²) in [4.78, 5) is 9.63. The first kappa shape index (κ1) is 20.4. The number of likely N-dealkylation sites (N-methyl/N-ethyl adjacent to an activating group) is 1. The Morgan fingerprint density at radius 3 is 2.62 bits per heavy atom. The highest BCUT2D eigenvalue weighted by atomic mass is 35.5. The summed E-state index contributed by atoms with van der Waals surface area (Å²) in [6.45, 7) is 2.56. The van der Waals surface area contributed by atoms with Gasteiger partial charge in [0.1, 0.15) is 0 Å². The molecule has 26 heavy (non-hydrogen) atoms. The molecule has 142 valence electrons. The molecule has 0 amide bonds. The molecule has 5 nitrogen and oxygen atoms in total. The number of anilines is 2. The number of hydrogen-bond acceptors (Lipinski definition) is 5. The predicted octanol–water partition coefficient (Wildman–Crippen LogP) is 3.93. The molecule has 0 saturated heterocycles. The molecule has 0 aliphatic rings. The molecule has 0 aliphatic heterocycles. The summed E-state index contributed by atoms with van der Waals surface area (Å²) in [5, 5.41) is 6.21. The SMILES string of the molecule is CC(CNCc1cnc(Nc2cccc(Cl)c2)nc1C(F)(F)F)N(C)C. The molecular weight excluding hydrogens is 367 g/mol. The van der Waals surface area contributed by atoms with Gasteiger partial charge < -0.3 is 15.5 Å². The molecule has 1 unspecified atom stereocenters. The number of nitrogens with zero attached hydrogens (tertiary/aromatic N) is 3. The third-order valence-electron chi connectivity index (χ3n) is 3.85. The fourth-order valence-corrected chi connectivity index (χ4v) is 2.33. The lowest BCUT2D eigenvalue weighted by Gasteiger charge is -2.20. The van der Waals surface area contributed by atoms with Crippen molar-refractivity contribution in [3.63, 3.8) is 0 Å². The van der Waals surface area contributed by atoms with Gasteiger partial charge in [0.05, 0.1) is 0 Å². The van der Waals surface area contributed by atoms with Crippen molar-refractivity contribution in [2.75, 3.05) is 26.0 Å². The van der Waals surface area contributed by atoms with Gasteiger partial charge in [-0.05, 0) is 39.2 Å². The van der Waals surface area contributed by atoms with Crippen molar-refractivity contribution in [2.45, 2.75) is 25.7 Å². The topological polar surface area (TPSA) is 53.1 Å². The molecule has 2 N–H and O–H groups in total. The molecule has 0 aliphatic carbocycles. The van der Waals surface area contributed by atoms with E-state index >= 15 is 0 Å². The van der Waals surface area contributed by atoms with Gasteiger partial charge in [-0.25, -0.2) is 9.97 Å². The van der Waals surface area contributed by atoms with Crippen molar-refractivity contribution >= 4 is 23.2 Å². The highest BCUT2D eigenvalue weighted by molar-refractivity contribution is 6.30. The fourth-order valence-electron chi connectivity index (χ4n) is 2.14. The van der Waals surface area contributed by atoms with Crippen molar-refractivity contribution in [3.05, 3.63) is 46.7 Å². The zero-order chi connectivity index (χ0) is 19.3. The van der Waals surface area contributed by atoms with E-state index in [0.29, 0.717) is 17.3 Å². The van der Waals surface area contributed by atoms with Crippen LogP contribution in [0.1, 0.15) is 18.2 Å². The normalized spacial score (nSPS) is 13.1. The van der Waals surface area contributed by atoms with Gasteiger partial charge >= 0.3 is 6.18 Å². The second-order valence-electron chi connectivity index (χ2n) is 6.14. The van der Waals surface area contributed by atoms with Crippen molar-refractivity contribution in [3.8, 4) is 0 Å². The van der Waals surface area contributed by atoms with E-state index in [1.165, 1.54) is 6.20 Å². The quantitative estimate of drug-likeness (QED) is 0.753. The molecule has 0 saturated carbocycles. The van der Waals surface area contributed by atoms with Gasteiger partial charge in [-0.15, -0.1) is 0 Å². The van der Waals surface area contributed by atoms with Crippen LogP contribution in [0.15, 0.2) is 30.5 Å². The van der Waals surface area contributed by atoms with E-state index in [4.69, 9.17) is 11.6 Å². The average Bonchev–Trinajstić information content (AvgIpc) is 2.55. The highest BCUT2D eigenvalue weighted by Crippen LogP contribution is 2.31. The van der Waals surface area contributed by atoms with E-state index < -0.39 is 11.9 Å². The number of nitrogens with one attached hydrogen (secondary N) is 2. The Morgan fingerprint density at radius 1 is 1.27 bits per heavy atom. The Balaban J connectivity index is 2.16. The van der Waals surface area contributed by atoms with E-state index in [1.807, 2.05) is 25.9 Å². The summed E-state index contributed by atoms with van der Waals surface area (Å²) in [6, 6.07) is 6.78. The van der Waals surface area contributed by atoms with Crippen LogP contribution >= 0.6 is 11.6 Å². The van der Waals surface area contributed by atoms with E-state index in [9.17, 15) is 13.2 Å². The van der Waals surface area contributed by atoms with E-state index in [0.717, 1.165) is 0 Å². The monoisotopic (exact) mass is 387 g/mol. The fraction of sp³-hybridized carbons (Fsp3) is 0.412. The molecule has 0 spiro atoms. The van der Waals surface area contributed by atoms with Crippen LogP contribution in [-0.2, 0) is 12.7 Å². The predicted molar refractivity (Wildman–Crippen MR) is 96.6 cm³/mol.